The summed E-state index contributed by atoms with van der Waals surface area (Å²) in [5.41, 5.74) is 1.41. The van der Waals surface area contributed by atoms with Crippen molar-refractivity contribution in [2.75, 3.05) is 27.4 Å². The van der Waals surface area contributed by atoms with Crippen molar-refractivity contribution in [2.24, 2.45) is 0 Å². The molecule has 0 spiro atoms. The number of carbonyl (C=O) groups is 1. The summed E-state index contributed by atoms with van der Waals surface area (Å²) in [4.78, 5) is 18.0. The number of hydrogen-bond acceptors (Lipinski definition) is 5. The van der Waals surface area contributed by atoms with Crippen LogP contribution in [-0.2, 0) is 16.0 Å². The summed E-state index contributed by atoms with van der Waals surface area (Å²) in [5, 5.41) is 0. The largest absolute Gasteiger partial charge is 0.465 e. The molecule has 20 heavy (non-hydrogen) atoms. The topological polar surface area (TPSA) is 51.7 Å². The second-order valence-corrected chi connectivity index (χ2v) is 4.75. The number of methoxy groups -OCH3 is 2. The molecule has 112 valence electrons. The van der Waals surface area contributed by atoms with E-state index in [1.165, 1.54) is 7.11 Å². The highest BCUT2D eigenvalue weighted by Crippen LogP contribution is 2.10. The zero-order valence-corrected chi connectivity index (χ0v) is 12.8. The average Bonchev–Trinajstić information content (AvgIpc) is 2.50. The van der Waals surface area contributed by atoms with E-state index in [9.17, 15) is 4.79 Å². The van der Waals surface area contributed by atoms with Crippen LogP contribution in [0.5, 0.6) is 0 Å². The molecule has 1 unspecified atom stereocenters. The van der Waals surface area contributed by atoms with Crippen molar-refractivity contribution in [1.29, 1.82) is 0 Å². The maximum atomic E-state index is 11.4. The molecule has 0 N–H and O–H groups in total. The third-order valence-corrected chi connectivity index (χ3v) is 3.41. The second kappa shape index (κ2) is 8.66. The molecule has 0 bridgehead atoms. The van der Waals surface area contributed by atoms with Crippen molar-refractivity contribution in [1.82, 2.24) is 9.88 Å². The van der Waals surface area contributed by atoms with Gasteiger partial charge in [-0.05, 0) is 25.5 Å². The smallest absolute Gasteiger partial charge is 0.339 e. The minimum absolute atomic E-state index is 0.359. The lowest BCUT2D eigenvalue weighted by atomic mass is 10.2. The molecule has 0 amide bonds. The SMILES string of the molecule is CCC(C)N(CCOC)Cc1ccc(C(=O)OC)cn1. The van der Waals surface area contributed by atoms with Crippen LogP contribution in [0.3, 0.4) is 0 Å². The number of nitrogens with zero attached hydrogens (tertiary/aromatic N) is 2. The Hall–Kier alpha value is -1.46. The van der Waals surface area contributed by atoms with Crippen LogP contribution in [0.2, 0.25) is 0 Å². The summed E-state index contributed by atoms with van der Waals surface area (Å²) in [6.07, 6.45) is 2.64. The van der Waals surface area contributed by atoms with Crippen molar-refractivity contribution in [3.05, 3.63) is 29.6 Å². The molecule has 1 aromatic heterocycles. The molecule has 0 fully saturated rings. The van der Waals surface area contributed by atoms with Crippen molar-refractivity contribution >= 4 is 5.97 Å². The van der Waals surface area contributed by atoms with Gasteiger partial charge in [0.25, 0.3) is 0 Å². The van der Waals surface area contributed by atoms with E-state index in [2.05, 4.69) is 28.5 Å². The minimum Gasteiger partial charge on any atom is -0.465 e. The first-order chi connectivity index (χ1) is 9.62. The highest BCUT2D eigenvalue weighted by Gasteiger charge is 2.13. The first-order valence-electron chi connectivity index (χ1n) is 6.88. The Kier molecular flexibility index (Phi) is 7.18. The van der Waals surface area contributed by atoms with Gasteiger partial charge in [-0.15, -0.1) is 0 Å². The molecule has 0 aromatic carbocycles. The van der Waals surface area contributed by atoms with Gasteiger partial charge >= 0.3 is 5.97 Å². The zero-order chi connectivity index (χ0) is 15.0. The quantitative estimate of drug-likeness (QED) is 0.683. The molecular weight excluding hydrogens is 256 g/mol. The number of hydrogen-bond donors (Lipinski definition) is 0. The molecule has 0 saturated heterocycles. The van der Waals surface area contributed by atoms with Crippen molar-refractivity contribution in [3.8, 4) is 0 Å². The van der Waals surface area contributed by atoms with Crippen LogP contribution < -0.4 is 0 Å². The summed E-state index contributed by atoms with van der Waals surface area (Å²) in [7, 11) is 3.07. The minimum atomic E-state index is -0.359. The van der Waals surface area contributed by atoms with Crippen molar-refractivity contribution < 1.29 is 14.3 Å². The molecule has 5 heteroatoms. The first-order valence-corrected chi connectivity index (χ1v) is 6.88. The summed E-state index contributed by atoms with van der Waals surface area (Å²) in [6, 6.07) is 4.08. The summed E-state index contributed by atoms with van der Waals surface area (Å²) in [6.45, 7) is 6.67. The molecule has 1 rings (SSSR count). The molecule has 0 aliphatic carbocycles. The number of esters is 1. The molecule has 0 aliphatic heterocycles. The van der Waals surface area contributed by atoms with Crippen LogP contribution in [0.15, 0.2) is 18.3 Å². The molecular formula is C15H24N2O3. The van der Waals surface area contributed by atoms with Gasteiger partial charge in [-0.2, -0.15) is 0 Å². The van der Waals surface area contributed by atoms with E-state index in [1.54, 1.807) is 19.4 Å². The molecule has 1 aromatic rings. The molecule has 1 atom stereocenters. The van der Waals surface area contributed by atoms with E-state index in [4.69, 9.17) is 4.74 Å². The lowest BCUT2D eigenvalue weighted by Crippen LogP contribution is -2.35. The summed E-state index contributed by atoms with van der Waals surface area (Å²) < 4.78 is 9.81. The van der Waals surface area contributed by atoms with Crippen LogP contribution in [0.4, 0.5) is 0 Å². The van der Waals surface area contributed by atoms with E-state index in [0.717, 1.165) is 25.2 Å². The van der Waals surface area contributed by atoms with E-state index in [0.29, 0.717) is 18.2 Å². The van der Waals surface area contributed by atoms with Crippen molar-refractivity contribution in [2.45, 2.75) is 32.9 Å². The predicted molar refractivity (Wildman–Crippen MR) is 77.6 cm³/mol. The third-order valence-electron chi connectivity index (χ3n) is 3.41. The van der Waals surface area contributed by atoms with E-state index in [-0.39, 0.29) is 5.97 Å². The molecule has 1 heterocycles. The number of pyridine rings is 1. The normalized spacial score (nSPS) is 12.4. The Labute approximate surface area is 120 Å². The summed E-state index contributed by atoms with van der Waals surface area (Å²) >= 11 is 0. The lowest BCUT2D eigenvalue weighted by Gasteiger charge is -2.27. The van der Waals surface area contributed by atoms with Gasteiger partial charge in [0, 0.05) is 32.4 Å². The third kappa shape index (κ3) is 4.90. The summed E-state index contributed by atoms with van der Waals surface area (Å²) in [5.74, 6) is -0.359. The number of carbonyl (C=O) groups excluding carboxylic acids is 1. The van der Waals surface area contributed by atoms with Gasteiger partial charge < -0.3 is 9.47 Å². The fourth-order valence-corrected chi connectivity index (χ4v) is 1.89. The van der Waals surface area contributed by atoms with E-state index in [1.807, 2.05) is 6.07 Å². The predicted octanol–water partition coefficient (Wildman–Crippen LogP) is 2.12. The molecule has 0 aliphatic rings. The van der Waals surface area contributed by atoms with Gasteiger partial charge in [0.1, 0.15) is 0 Å². The van der Waals surface area contributed by atoms with Gasteiger partial charge in [0.05, 0.1) is 25.0 Å². The highest BCUT2D eigenvalue weighted by molar-refractivity contribution is 5.88. The van der Waals surface area contributed by atoms with Crippen LogP contribution in [-0.4, -0.2) is 49.3 Å². The standard InChI is InChI=1S/C15H24N2O3/c1-5-12(2)17(8-9-19-3)11-14-7-6-13(10-16-14)15(18)20-4/h6-7,10,12H,5,8-9,11H2,1-4H3. The molecule has 0 radical (unpaired) electrons. The van der Waals surface area contributed by atoms with Gasteiger partial charge in [0.2, 0.25) is 0 Å². The highest BCUT2D eigenvalue weighted by atomic mass is 16.5. The number of rotatable bonds is 8. The maximum Gasteiger partial charge on any atom is 0.339 e. The molecule has 5 nitrogen and oxygen atoms in total. The Morgan fingerprint density at radius 1 is 1.40 bits per heavy atom. The average molecular weight is 280 g/mol. The van der Waals surface area contributed by atoms with E-state index >= 15 is 0 Å². The Morgan fingerprint density at radius 2 is 2.15 bits per heavy atom. The monoisotopic (exact) mass is 280 g/mol. The molecule has 0 saturated carbocycles. The fourth-order valence-electron chi connectivity index (χ4n) is 1.89. The van der Waals surface area contributed by atoms with Crippen molar-refractivity contribution in [3.63, 3.8) is 0 Å². The van der Waals surface area contributed by atoms with Crippen LogP contribution in [0.1, 0.15) is 36.3 Å². The van der Waals surface area contributed by atoms with Gasteiger partial charge in [-0.3, -0.25) is 9.88 Å². The maximum absolute atomic E-state index is 11.4. The van der Waals surface area contributed by atoms with Crippen LogP contribution >= 0.6 is 0 Å². The van der Waals surface area contributed by atoms with Gasteiger partial charge in [-0.1, -0.05) is 6.92 Å². The van der Waals surface area contributed by atoms with Crippen LogP contribution in [0.25, 0.3) is 0 Å². The lowest BCUT2D eigenvalue weighted by molar-refractivity contribution is 0.0600. The van der Waals surface area contributed by atoms with E-state index < -0.39 is 0 Å². The Morgan fingerprint density at radius 3 is 2.65 bits per heavy atom. The zero-order valence-electron chi connectivity index (χ0n) is 12.8. The Balaban J connectivity index is 2.70. The number of ether oxygens (including phenoxy) is 2. The van der Waals surface area contributed by atoms with Gasteiger partial charge in [-0.25, -0.2) is 4.79 Å². The number of aromatic nitrogens is 1. The fraction of sp³-hybridized carbons (Fsp3) is 0.600. The van der Waals surface area contributed by atoms with Gasteiger partial charge in [0.15, 0.2) is 0 Å². The second-order valence-electron chi connectivity index (χ2n) is 4.75. The Bertz CT molecular complexity index is 406. The van der Waals surface area contributed by atoms with Crippen LogP contribution in [0, 0.1) is 0 Å². The first kappa shape index (κ1) is 16.6.